The molecule has 3 rings (SSSR count). The van der Waals surface area contributed by atoms with Gasteiger partial charge in [0.2, 0.25) is 0 Å². The number of hydrogen-bond donors (Lipinski definition) is 0. The van der Waals surface area contributed by atoms with E-state index in [-0.39, 0.29) is 10.8 Å². The first-order chi connectivity index (χ1) is 14.7. The summed E-state index contributed by atoms with van der Waals surface area (Å²) in [5.41, 5.74) is 3.56. The first-order valence-corrected chi connectivity index (χ1v) is 11.2. The van der Waals surface area contributed by atoms with Gasteiger partial charge in [0.25, 0.3) is 0 Å². The lowest BCUT2D eigenvalue weighted by atomic mass is 9.71. The molecule has 0 atom stereocenters. The van der Waals surface area contributed by atoms with Crippen LogP contribution >= 0.6 is 0 Å². The van der Waals surface area contributed by atoms with Gasteiger partial charge in [-0.3, -0.25) is 9.67 Å². The average Bonchev–Trinajstić information content (AvgIpc) is 3.20. The number of aryl methyl sites for hydroxylation is 2. The number of nitrogens with zero attached hydrogens (tertiary/aromatic N) is 4. The van der Waals surface area contributed by atoms with E-state index in [1.807, 2.05) is 47.4 Å². The van der Waals surface area contributed by atoms with Gasteiger partial charge >= 0.3 is 0 Å². The molecule has 0 bridgehead atoms. The van der Waals surface area contributed by atoms with E-state index in [2.05, 4.69) is 56.0 Å². The molecule has 0 amide bonds. The van der Waals surface area contributed by atoms with Crippen molar-refractivity contribution in [3.63, 3.8) is 0 Å². The molecule has 0 saturated carbocycles. The third-order valence-electron chi connectivity index (χ3n) is 5.82. The van der Waals surface area contributed by atoms with E-state index in [9.17, 15) is 0 Å². The Kier molecular flexibility index (Phi) is 7.47. The number of pyridine rings is 1. The van der Waals surface area contributed by atoms with Gasteiger partial charge in [0.05, 0.1) is 12.8 Å². The second-order valence-corrected chi connectivity index (χ2v) is 10.1. The smallest absolute Gasteiger partial charge is 0.122 e. The second-order valence-electron chi connectivity index (χ2n) is 10.1. The highest BCUT2D eigenvalue weighted by Gasteiger charge is 2.28. The highest BCUT2D eigenvalue weighted by atomic mass is 16.5. The van der Waals surface area contributed by atoms with Crippen LogP contribution in [-0.2, 0) is 6.54 Å². The lowest BCUT2D eigenvalue weighted by molar-refractivity contribution is 0.153. The molecule has 2 aromatic heterocycles. The third-order valence-corrected chi connectivity index (χ3v) is 5.82. The molecule has 31 heavy (non-hydrogen) atoms. The minimum absolute atomic E-state index is 0.223. The van der Waals surface area contributed by atoms with Gasteiger partial charge in [-0.25, -0.2) is 0 Å². The zero-order chi connectivity index (χ0) is 22.3. The summed E-state index contributed by atoms with van der Waals surface area (Å²) >= 11 is 0. The Hall–Kier alpha value is -2.69. The molecular weight excluding hydrogens is 384 g/mol. The van der Waals surface area contributed by atoms with E-state index < -0.39 is 0 Å². The number of rotatable bonds is 11. The van der Waals surface area contributed by atoms with Crippen molar-refractivity contribution >= 4 is 0 Å². The molecule has 0 N–H and O–H groups in total. The molecule has 0 aliphatic carbocycles. The van der Waals surface area contributed by atoms with Crippen LogP contribution in [0.1, 0.15) is 58.9 Å². The van der Waals surface area contributed by atoms with E-state index in [0.717, 1.165) is 55.8 Å². The Bertz CT molecular complexity index is 947. The van der Waals surface area contributed by atoms with Gasteiger partial charge in [-0.2, -0.15) is 0 Å². The van der Waals surface area contributed by atoms with Crippen LogP contribution in [0.5, 0.6) is 5.75 Å². The number of hydrogen-bond acceptors (Lipinski definition) is 4. The molecule has 0 fully saturated rings. The topological polar surface area (TPSA) is 52.8 Å². The monoisotopic (exact) mass is 420 g/mol. The maximum atomic E-state index is 5.98. The van der Waals surface area contributed by atoms with Gasteiger partial charge in [0.1, 0.15) is 11.4 Å². The maximum absolute atomic E-state index is 5.98. The van der Waals surface area contributed by atoms with Crippen LogP contribution in [0, 0.1) is 17.8 Å². The molecule has 0 aliphatic rings. The normalized spacial score (nSPS) is 12.2. The van der Waals surface area contributed by atoms with Crippen LogP contribution in [0.3, 0.4) is 0 Å². The quantitative estimate of drug-likeness (QED) is 0.340. The summed E-state index contributed by atoms with van der Waals surface area (Å²) < 4.78 is 7.93. The van der Waals surface area contributed by atoms with Crippen LogP contribution in [-0.4, -0.2) is 26.6 Å². The van der Waals surface area contributed by atoms with E-state index in [1.54, 1.807) is 6.20 Å². The van der Waals surface area contributed by atoms with Gasteiger partial charge in [-0.05, 0) is 67.2 Å². The van der Waals surface area contributed by atoms with E-state index in [4.69, 9.17) is 4.74 Å². The molecular formula is C26H36N4O. The highest BCUT2D eigenvalue weighted by molar-refractivity contribution is 5.55. The Morgan fingerprint density at radius 2 is 1.74 bits per heavy atom. The number of para-hydroxylation sites is 1. The van der Waals surface area contributed by atoms with Crippen molar-refractivity contribution in [3.8, 4) is 17.0 Å². The summed E-state index contributed by atoms with van der Waals surface area (Å²) in [6, 6.07) is 12.2. The number of benzene rings is 1. The maximum Gasteiger partial charge on any atom is 0.122 e. The fourth-order valence-electron chi connectivity index (χ4n) is 4.39. The fourth-order valence-corrected chi connectivity index (χ4v) is 4.39. The lowest BCUT2D eigenvalue weighted by Crippen LogP contribution is -2.25. The Morgan fingerprint density at radius 3 is 2.48 bits per heavy atom. The molecule has 2 heterocycles. The Morgan fingerprint density at radius 1 is 0.968 bits per heavy atom. The Labute approximate surface area is 186 Å². The summed E-state index contributed by atoms with van der Waals surface area (Å²) in [4.78, 5) is 4.16. The first-order valence-electron chi connectivity index (χ1n) is 11.2. The summed E-state index contributed by atoms with van der Waals surface area (Å²) in [6.45, 7) is 13.2. The average molecular weight is 421 g/mol. The van der Waals surface area contributed by atoms with Gasteiger partial charge < -0.3 is 4.74 Å². The van der Waals surface area contributed by atoms with Crippen LogP contribution in [0.25, 0.3) is 11.3 Å². The summed E-state index contributed by atoms with van der Waals surface area (Å²) in [6.07, 6.45) is 10.0. The fraction of sp³-hybridized carbons (Fsp3) is 0.500. The second kappa shape index (κ2) is 10.1. The molecule has 0 radical (unpaired) electrons. The number of aromatic nitrogens is 4. The SMILES string of the molecule is Cc1ccccc1OCCCC(C)(C)CC(C)(C)CCn1cc(-c2cccnc2)nn1. The van der Waals surface area contributed by atoms with Crippen molar-refractivity contribution in [2.75, 3.05) is 6.61 Å². The van der Waals surface area contributed by atoms with Crippen molar-refractivity contribution in [3.05, 3.63) is 60.6 Å². The zero-order valence-electron chi connectivity index (χ0n) is 19.6. The van der Waals surface area contributed by atoms with Crippen molar-refractivity contribution in [1.29, 1.82) is 0 Å². The molecule has 5 nitrogen and oxygen atoms in total. The largest absolute Gasteiger partial charge is 0.493 e. The van der Waals surface area contributed by atoms with Gasteiger partial charge in [0, 0.05) is 24.5 Å². The number of ether oxygens (including phenoxy) is 1. The third kappa shape index (κ3) is 7.20. The predicted molar refractivity (Wildman–Crippen MR) is 126 cm³/mol. The first kappa shape index (κ1) is 23.0. The lowest BCUT2D eigenvalue weighted by Gasteiger charge is -2.35. The minimum Gasteiger partial charge on any atom is -0.493 e. The predicted octanol–water partition coefficient (Wildman–Crippen LogP) is 6.34. The van der Waals surface area contributed by atoms with E-state index in [0.29, 0.717) is 0 Å². The van der Waals surface area contributed by atoms with E-state index >= 15 is 0 Å². The van der Waals surface area contributed by atoms with Crippen LogP contribution in [0.4, 0.5) is 0 Å². The van der Waals surface area contributed by atoms with Crippen molar-refractivity contribution in [2.45, 2.75) is 66.8 Å². The zero-order valence-corrected chi connectivity index (χ0v) is 19.6. The molecule has 1 aromatic carbocycles. The molecule has 0 aliphatic heterocycles. The van der Waals surface area contributed by atoms with Crippen molar-refractivity contribution in [2.24, 2.45) is 10.8 Å². The molecule has 0 spiro atoms. The van der Waals surface area contributed by atoms with E-state index in [1.165, 1.54) is 5.56 Å². The molecule has 0 unspecified atom stereocenters. The van der Waals surface area contributed by atoms with Gasteiger partial charge in [0.15, 0.2) is 0 Å². The minimum atomic E-state index is 0.223. The van der Waals surface area contributed by atoms with Crippen LogP contribution in [0.2, 0.25) is 0 Å². The van der Waals surface area contributed by atoms with Gasteiger partial charge in [-0.1, -0.05) is 51.1 Å². The molecule has 0 saturated heterocycles. The van der Waals surface area contributed by atoms with Crippen molar-refractivity contribution in [1.82, 2.24) is 20.0 Å². The van der Waals surface area contributed by atoms with Gasteiger partial charge in [-0.15, -0.1) is 5.10 Å². The summed E-state index contributed by atoms with van der Waals surface area (Å²) in [5.74, 6) is 0.999. The Balaban J connectivity index is 1.44. The summed E-state index contributed by atoms with van der Waals surface area (Å²) in [5, 5.41) is 8.61. The van der Waals surface area contributed by atoms with Crippen LogP contribution in [0.15, 0.2) is 55.0 Å². The molecule has 166 valence electrons. The molecule has 5 heteroatoms. The standard InChI is InChI=1S/C26H36N4O/c1-21-10-6-7-12-24(21)31-17-9-13-25(2,3)20-26(4,5)14-16-30-19-23(28-29-30)22-11-8-15-27-18-22/h6-8,10-12,15,18-19H,9,13-14,16-17,20H2,1-5H3. The van der Waals surface area contributed by atoms with Crippen molar-refractivity contribution < 1.29 is 4.74 Å². The van der Waals surface area contributed by atoms with Crippen LogP contribution < -0.4 is 4.74 Å². The summed E-state index contributed by atoms with van der Waals surface area (Å²) in [7, 11) is 0. The molecule has 3 aromatic rings. The highest BCUT2D eigenvalue weighted by Crippen LogP contribution is 2.39.